The molecule has 1 saturated heterocycles. The average Bonchev–Trinajstić information content (AvgIpc) is 3.36. The van der Waals surface area contributed by atoms with Gasteiger partial charge in [0, 0.05) is 11.6 Å². The number of fused-ring (bicyclic) bond motifs is 1. The van der Waals surface area contributed by atoms with Gasteiger partial charge in [0.1, 0.15) is 22.4 Å². The highest BCUT2D eigenvalue weighted by molar-refractivity contribution is 8.26. The topological polar surface area (TPSA) is 88.2 Å². The highest BCUT2D eigenvalue weighted by Crippen LogP contribution is 2.44. The van der Waals surface area contributed by atoms with Gasteiger partial charge in [0.25, 0.3) is 11.8 Å². The van der Waals surface area contributed by atoms with Crippen molar-refractivity contribution in [1.82, 2.24) is 4.90 Å². The van der Waals surface area contributed by atoms with E-state index < -0.39 is 11.8 Å². The molecule has 0 radical (unpaired) electrons. The summed E-state index contributed by atoms with van der Waals surface area (Å²) >= 11 is 6.61. The van der Waals surface area contributed by atoms with Crippen molar-refractivity contribution in [1.29, 1.82) is 0 Å². The summed E-state index contributed by atoms with van der Waals surface area (Å²) in [6, 6.07) is 21.7. The van der Waals surface area contributed by atoms with Gasteiger partial charge in [0.2, 0.25) is 5.91 Å². The predicted molar refractivity (Wildman–Crippen MR) is 151 cm³/mol. The minimum absolute atomic E-state index is 0.251. The molecule has 3 aromatic carbocycles. The van der Waals surface area contributed by atoms with E-state index in [9.17, 15) is 14.4 Å². The van der Waals surface area contributed by atoms with Gasteiger partial charge < -0.3 is 14.8 Å². The van der Waals surface area contributed by atoms with Gasteiger partial charge in [0.15, 0.2) is 0 Å². The normalized spacial score (nSPS) is 16.6. The van der Waals surface area contributed by atoms with Crippen LogP contribution >= 0.6 is 24.0 Å². The van der Waals surface area contributed by atoms with Crippen molar-refractivity contribution < 1.29 is 23.9 Å². The summed E-state index contributed by atoms with van der Waals surface area (Å²) < 4.78 is 10.9. The maximum atomic E-state index is 13.7. The number of benzene rings is 3. The molecular formula is C28H23N3O5S2. The Balaban J connectivity index is 1.41. The lowest BCUT2D eigenvalue weighted by Crippen LogP contribution is -2.35. The molecule has 2 heterocycles. The molecular weight excluding hydrogens is 522 g/mol. The van der Waals surface area contributed by atoms with Crippen molar-refractivity contribution in [2.24, 2.45) is 0 Å². The first kappa shape index (κ1) is 25.5. The first-order valence-electron chi connectivity index (χ1n) is 11.7. The molecule has 0 spiro atoms. The summed E-state index contributed by atoms with van der Waals surface area (Å²) in [6.07, 6.45) is 0. The Morgan fingerprint density at radius 2 is 1.66 bits per heavy atom. The molecule has 0 aliphatic carbocycles. The molecule has 0 unspecified atom stereocenters. The number of hydrogen-bond donors (Lipinski definition) is 1. The molecule has 1 fully saturated rings. The van der Waals surface area contributed by atoms with E-state index in [1.54, 1.807) is 42.5 Å². The summed E-state index contributed by atoms with van der Waals surface area (Å²) in [4.78, 5) is 43.3. The lowest BCUT2D eigenvalue weighted by atomic mass is 10.1. The van der Waals surface area contributed by atoms with Crippen LogP contribution in [0.3, 0.4) is 0 Å². The van der Waals surface area contributed by atoms with E-state index in [1.165, 1.54) is 24.0 Å². The first-order valence-corrected chi connectivity index (χ1v) is 12.9. The van der Waals surface area contributed by atoms with E-state index in [-0.39, 0.29) is 22.9 Å². The number of anilines is 2. The molecule has 38 heavy (non-hydrogen) atoms. The van der Waals surface area contributed by atoms with E-state index in [0.29, 0.717) is 39.3 Å². The number of ether oxygens (including phenoxy) is 2. The Morgan fingerprint density at radius 3 is 2.39 bits per heavy atom. The second kappa shape index (κ2) is 10.7. The van der Waals surface area contributed by atoms with Crippen molar-refractivity contribution >= 4 is 63.0 Å². The third-order valence-corrected chi connectivity index (χ3v) is 7.62. The number of rotatable bonds is 7. The number of carbonyl (C=O) groups excluding carboxylic acids is 3. The van der Waals surface area contributed by atoms with Crippen LogP contribution in [0.2, 0.25) is 0 Å². The van der Waals surface area contributed by atoms with Crippen LogP contribution in [0.15, 0.2) is 77.7 Å². The minimum atomic E-state index is -0.428. The fraction of sp³-hybridized carbons (Fsp3) is 0.143. The van der Waals surface area contributed by atoms with E-state index in [0.717, 1.165) is 17.3 Å². The zero-order valence-corrected chi connectivity index (χ0v) is 22.2. The molecule has 3 aromatic rings. The molecule has 2 aliphatic rings. The monoisotopic (exact) mass is 545 g/mol. The number of nitrogens with one attached hydrogen (secondary N) is 1. The van der Waals surface area contributed by atoms with Gasteiger partial charge in [-0.05, 0) is 23.8 Å². The van der Waals surface area contributed by atoms with Crippen LogP contribution in [0.4, 0.5) is 11.4 Å². The number of carbonyl (C=O) groups is 3. The van der Waals surface area contributed by atoms with Crippen LogP contribution in [0, 0.1) is 0 Å². The summed E-state index contributed by atoms with van der Waals surface area (Å²) in [5.74, 6) is -0.166. The molecule has 3 amide bonds. The number of para-hydroxylation sites is 1. The second-order valence-electron chi connectivity index (χ2n) is 8.47. The van der Waals surface area contributed by atoms with E-state index in [1.807, 2.05) is 30.3 Å². The quantitative estimate of drug-likeness (QED) is 0.346. The average molecular weight is 546 g/mol. The maximum Gasteiger partial charge on any atom is 0.267 e. The molecule has 0 aromatic heterocycles. The van der Waals surface area contributed by atoms with Gasteiger partial charge in [-0.2, -0.15) is 0 Å². The molecule has 5 rings (SSSR count). The van der Waals surface area contributed by atoms with Crippen molar-refractivity contribution in [3.05, 3.63) is 88.8 Å². The first-order chi connectivity index (χ1) is 18.4. The highest BCUT2D eigenvalue weighted by Gasteiger charge is 2.42. The second-order valence-corrected chi connectivity index (χ2v) is 10.1. The molecule has 10 heteroatoms. The van der Waals surface area contributed by atoms with Gasteiger partial charge >= 0.3 is 0 Å². The SMILES string of the molecule is COc1ccc(NC(=O)CN2C(=O)/C(=C3/SC(=S)N(Cc4ccccc4)C3=O)c3ccccc32)c(OC)c1. The largest absolute Gasteiger partial charge is 0.497 e. The Labute approximate surface area is 229 Å². The molecule has 192 valence electrons. The van der Waals surface area contributed by atoms with Gasteiger partial charge in [-0.25, -0.2) is 0 Å². The van der Waals surface area contributed by atoms with E-state index in [4.69, 9.17) is 21.7 Å². The Morgan fingerprint density at radius 1 is 0.921 bits per heavy atom. The zero-order chi connectivity index (χ0) is 26.8. The number of hydrogen-bond acceptors (Lipinski definition) is 7. The van der Waals surface area contributed by atoms with Crippen molar-refractivity contribution in [3.8, 4) is 11.5 Å². The molecule has 0 bridgehead atoms. The van der Waals surface area contributed by atoms with Gasteiger partial charge in [-0.1, -0.05) is 72.5 Å². The number of nitrogens with zero attached hydrogens (tertiary/aromatic N) is 2. The highest BCUT2D eigenvalue weighted by atomic mass is 32.2. The third-order valence-electron chi connectivity index (χ3n) is 6.17. The third kappa shape index (κ3) is 4.75. The minimum Gasteiger partial charge on any atom is -0.497 e. The summed E-state index contributed by atoms with van der Waals surface area (Å²) in [7, 11) is 3.03. The Kier molecular flexibility index (Phi) is 7.17. The summed E-state index contributed by atoms with van der Waals surface area (Å²) in [5.41, 5.74) is 2.77. The van der Waals surface area contributed by atoms with Crippen LogP contribution in [0.5, 0.6) is 11.5 Å². The number of thioether (sulfide) groups is 1. The standard InChI is InChI=1S/C28H23N3O5S2/c1-35-18-12-13-20(22(14-18)36-2)29-23(32)16-30-21-11-7-6-10-19(21)24(26(30)33)25-27(34)31(28(37)38-25)15-17-8-4-3-5-9-17/h3-14H,15-16H2,1-2H3,(H,29,32)/b25-24+. The maximum absolute atomic E-state index is 13.7. The van der Waals surface area contributed by atoms with Crippen LogP contribution in [-0.2, 0) is 20.9 Å². The predicted octanol–water partition coefficient (Wildman–Crippen LogP) is 4.46. The fourth-order valence-corrected chi connectivity index (χ4v) is 5.67. The van der Waals surface area contributed by atoms with Crippen molar-refractivity contribution in [3.63, 3.8) is 0 Å². The van der Waals surface area contributed by atoms with E-state index >= 15 is 0 Å². The summed E-state index contributed by atoms with van der Waals surface area (Å²) in [6.45, 7) is 0.0623. The van der Waals surface area contributed by atoms with E-state index in [2.05, 4.69) is 5.32 Å². The van der Waals surface area contributed by atoms with Crippen molar-refractivity contribution in [2.45, 2.75) is 6.54 Å². The number of methoxy groups -OCH3 is 2. The Bertz CT molecular complexity index is 1490. The van der Waals surface area contributed by atoms with Gasteiger partial charge in [0.05, 0.1) is 42.6 Å². The van der Waals surface area contributed by atoms with Crippen LogP contribution in [0.1, 0.15) is 11.1 Å². The lowest BCUT2D eigenvalue weighted by molar-refractivity contribution is -0.122. The fourth-order valence-electron chi connectivity index (χ4n) is 4.34. The number of thiocarbonyl (C=S) groups is 1. The molecule has 0 saturated carbocycles. The molecule has 2 aliphatic heterocycles. The molecule has 1 N–H and O–H groups in total. The van der Waals surface area contributed by atoms with Gasteiger partial charge in [-0.15, -0.1) is 0 Å². The van der Waals surface area contributed by atoms with Crippen LogP contribution < -0.4 is 19.7 Å². The number of amides is 3. The van der Waals surface area contributed by atoms with Crippen LogP contribution in [-0.4, -0.2) is 47.7 Å². The lowest BCUT2D eigenvalue weighted by Gasteiger charge is -2.18. The zero-order valence-electron chi connectivity index (χ0n) is 20.6. The van der Waals surface area contributed by atoms with Crippen molar-refractivity contribution in [2.75, 3.05) is 31.0 Å². The summed E-state index contributed by atoms with van der Waals surface area (Å²) in [5, 5.41) is 2.79. The molecule has 0 atom stereocenters. The Hall–Kier alpha value is -4.15. The molecule has 8 nitrogen and oxygen atoms in total. The van der Waals surface area contributed by atoms with Gasteiger partial charge in [-0.3, -0.25) is 24.2 Å². The van der Waals surface area contributed by atoms with Crippen LogP contribution in [0.25, 0.3) is 5.57 Å². The smallest absolute Gasteiger partial charge is 0.267 e.